The Morgan fingerprint density at radius 1 is 1.10 bits per heavy atom. The first-order chi connectivity index (χ1) is 10.2. The summed E-state index contributed by atoms with van der Waals surface area (Å²) in [7, 11) is 0. The van der Waals surface area contributed by atoms with Crippen molar-refractivity contribution in [2.75, 3.05) is 11.9 Å². The van der Waals surface area contributed by atoms with Gasteiger partial charge in [0.25, 0.3) is 0 Å². The Morgan fingerprint density at radius 2 is 1.86 bits per heavy atom. The molecule has 1 aromatic carbocycles. The van der Waals surface area contributed by atoms with E-state index in [4.69, 9.17) is 4.74 Å². The number of hydrogen-bond acceptors (Lipinski definition) is 4. The first-order valence-corrected chi connectivity index (χ1v) is 7.51. The van der Waals surface area contributed by atoms with Crippen molar-refractivity contribution in [3.8, 4) is 5.75 Å². The molecule has 2 rings (SSSR count). The van der Waals surface area contributed by atoms with Gasteiger partial charge in [-0.3, -0.25) is 0 Å². The van der Waals surface area contributed by atoms with Crippen LogP contribution in [0.1, 0.15) is 37.4 Å². The van der Waals surface area contributed by atoms with Gasteiger partial charge in [-0.05, 0) is 37.5 Å². The third kappa shape index (κ3) is 4.74. The van der Waals surface area contributed by atoms with Gasteiger partial charge in [-0.1, -0.05) is 26.0 Å². The molecule has 0 atom stereocenters. The Hall–Kier alpha value is -2.10. The van der Waals surface area contributed by atoms with Crippen LogP contribution in [-0.2, 0) is 13.0 Å². The van der Waals surface area contributed by atoms with Crippen LogP contribution in [0.5, 0.6) is 5.75 Å². The van der Waals surface area contributed by atoms with E-state index in [1.54, 1.807) is 0 Å². The number of nitrogens with one attached hydrogen (secondary N) is 1. The van der Waals surface area contributed by atoms with Crippen LogP contribution in [0.15, 0.2) is 30.3 Å². The van der Waals surface area contributed by atoms with Crippen molar-refractivity contribution in [2.24, 2.45) is 0 Å². The minimum atomic E-state index is 0.383. The molecule has 0 bridgehead atoms. The predicted molar refractivity (Wildman–Crippen MR) is 85.7 cm³/mol. The van der Waals surface area contributed by atoms with Gasteiger partial charge in [0.15, 0.2) is 5.82 Å². The molecule has 0 aliphatic carbocycles. The van der Waals surface area contributed by atoms with Gasteiger partial charge < -0.3 is 10.1 Å². The van der Waals surface area contributed by atoms with Gasteiger partial charge in [0.1, 0.15) is 18.2 Å². The van der Waals surface area contributed by atoms with Crippen LogP contribution in [0.2, 0.25) is 0 Å². The monoisotopic (exact) mass is 285 g/mol. The number of ether oxygens (including phenoxy) is 1. The summed E-state index contributed by atoms with van der Waals surface area (Å²) in [5.74, 6) is 2.41. The summed E-state index contributed by atoms with van der Waals surface area (Å²) in [6, 6.07) is 10.1. The number of hydrogen-bond donors (Lipinski definition) is 1. The van der Waals surface area contributed by atoms with E-state index in [0.29, 0.717) is 12.4 Å². The van der Waals surface area contributed by atoms with Crippen LogP contribution in [0.3, 0.4) is 0 Å². The molecular weight excluding hydrogens is 262 g/mol. The van der Waals surface area contributed by atoms with Gasteiger partial charge in [0, 0.05) is 18.3 Å². The van der Waals surface area contributed by atoms with Crippen LogP contribution in [0, 0.1) is 6.92 Å². The quantitative estimate of drug-likeness (QED) is 0.841. The molecule has 0 saturated carbocycles. The zero-order valence-electron chi connectivity index (χ0n) is 13.0. The fourth-order valence-corrected chi connectivity index (χ4v) is 2.01. The van der Waals surface area contributed by atoms with Crippen molar-refractivity contribution < 1.29 is 4.74 Å². The van der Waals surface area contributed by atoms with Gasteiger partial charge in [0.2, 0.25) is 0 Å². The molecule has 1 heterocycles. The van der Waals surface area contributed by atoms with Crippen molar-refractivity contribution >= 4 is 5.82 Å². The van der Waals surface area contributed by atoms with E-state index in [1.165, 1.54) is 5.56 Å². The third-order valence-corrected chi connectivity index (χ3v) is 3.16. The number of benzene rings is 1. The lowest BCUT2D eigenvalue weighted by Gasteiger charge is -2.09. The molecular formula is C17H23N3O. The van der Waals surface area contributed by atoms with Gasteiger partial charge in [-0.2, -0.15) is 0 Å². The Balaban J connectivity index is 1.99. The van der Waals surface area contributed by atoms with E-state index in [-0.39, 0.29) is 0 Å². The summed E-state index contributed by atoms with van der Waals surface area (Å²) in [4.78, 5) is 8.89. The van der Waals surface area contributed by atoms with E-state index >= 15 is 0 Å². The SMILES string of the molecule is CCCNc1cc(C)nc(COc2ccc(CC)cc2)n1. The second-order valence-corrected chi connectivity index (χ2v) is 5.02. The molecule has 0 radical (unpaired) electrons. The highest BCUT2D eigenvalue weighted by molar-refractivity contribution is 5.35. The van der Waals surface area contributed by atoms with Crippen molar-refractivity contribution in [3.63, 3.8) is 0 Å². The van der Waals surface area contributed by atoms with Gasteiger partial charge in [-0.25, -0.2) is 9.97 Å². The molecule has 0 aliphatic heterocycles. The normalized spacial score (nSPS) is 10.4. The highest BCUT2D eigenvalue weighted by Gasteiger charge is 2.03. The van der Waals surface area contributed by atoms with Crippen molar-refractivity contribution in [3.05, 3.63) is 47.4 Å². The average molecular weight is 285 g/mol. The molecule has 4 heteroatoms. The molecule has 4 nitrogen and oxygen atoms in total. The summed E-state index contributed by atoms with van der Waals surface area (Å²) < 4.78 is 5.75. The summed E-state index contributed by atoms with van der Waals surface area (Å²) in [5, 5.41) is 3.28. The van der Waals surface area contributed by atoms with E-state index in [2.05, 4.69) is 41.3 Å². The van der Waals surface area contributed by atoms with Crippen molar-refractivity contribution in [2.45, 2.75) is 40.2 Å². The molecule has 0 saturated heterocycles. The average Bonchev–Trinajstić information content (AvgIpc) is 2.51. The van der Waals surface area contributed by atoms with Crippen LogP contribution < -0.4 is 10.1 Å². The standard InChI is InChI=1S/C17H23N3O/c1-4-10-18-16-11-13(3)19-17(20-16)12-21-15-8-6-14(5-2)7-9-15/h6-9,11H,4-5,10,12H2,1-3H3,(H,18,19,20). The zero-order chi connectivity index (χ0) is 15.1. The predicted octanol–water partition coefficient (Wildman–Crippen LogP) is 3.75. The fourth-order valence-electron chi connectivity index (χ4n) is 2.01. The topological polar surface area (TPSA) is 47.0 Å². The second kappa shape index (κ2) is 7.62. The molecule has 0 aliphatic rings. The summed E-state index contributed by atoms with van der Waals surface area (Å²) in [5.41, 5.74) is 2.25. The third-order valence-electron chi connectivity index (χ3n) is 3.16. The van der Waals surface area contributed by atoms with Crippen LogP contribution in [0.25, 0.3) is 0 Å². The van der Waals surface area contributed by atoms with Gasteiger partial charge >= 0.3 is 0 Å². The molecule has 1 N–H and O–H groups in total. The molecule has 0 amide bonds. The summed E-state index contributed by atoms with van der Waals surface area (Å²) >= 11 is 0. The van der Waals surface area contributed by atoms with Crippen LogP contribution in [0.4, 0.5) is 5.82 Å². The summed E-state index contributed by atoms with van der Waals surface area (Å²) in [6.45, 7) is 7.54. The molecule has 2 aromatic rings. The Labute approximate surface area is 126 Å². The minimum absolute atomic E-state index is 0.383. The molecule has 21 heavy (non-hydrogen) atoms. The fraction of sp³-hybridized carbons (Fsp3) is 0.412. The number of nitrogens with zero attached hydrogens (tertiary/aromatic N) is 2. The number of anilines is 1. The maximum absolute atomic E-state index is 5.75. The number of aryl methyl sites for hydroxylation is 2. The first kappa shape index (κ1) is 15.3. The van der Waals surface area contributed by atoms with Crippen LogP contribution in [-0.4, -0.2) is 16.5 Å². The summed E-state index contributed by atoms with van der Waals surface area (Å²) in [6.07, 6.45) is 2.10. The molecule has 112 valence electrons. The lowest BCUT2D eigenvalue weighted by molar-refractivity contribution is 0.295. The minimum Gasteiger partial charge on any atom is -0.486 e. The smallest absolute Gasteiger partial charge is 0.168 e. The Kier molecular flexibility index (Phi) is 5.55. The molecule has 0 fully saturated rings. The maximum atomic E-state index is 5.75. The number of aromatic nitrogens is 2. The van der Waals surface area contributed by atoms with Crippen LogP contribution >= 0.6 is 0 Å². The highest BCUT2D eigenvalue weighted by Crippen LogP contribution is 2.14. The van der Waals surface area contributed by atoms with E-state index in [9.17, 15) is 0 Å². The van der Waals surface area contributed by atoms with Crippen molar-refractivity contribution in [1.29, 1.82) is 0 Å². The molecule has 0 spiro atoms. The first-order valence-electron chi connectivity index (χ1n) is 7.51. The van der Waals surface area contributed by atoms with Gasteiger partial charge in [0.05, 0.1) is 0 Å². The second-order valence-electron chi connectivity index (χ2n) is 5.02. The Bertz CT molecular complexity index is 567. The van der Waals surface area contributed by atoms with E-state index in [0.717, 1.165) is 36.6 Å². The lowest BCUT2D eigenvalue weighted by atomic mass is 10.2. The molecule has 1 aromatic heterocycles. The van der Waals surface area contributed by atoms with Gasteiger partial charge in [-0.15, -0.1) is 0 Å². The van der Waals surface area contributed by atoms with E-state index < -0.39 is 0 Å². The highest BCUT2D eigenvalue weighted by atomic mass is 16.5. The van der Waals surface area contributed by atoms with Crippen molar-refractivity contribution in [1.82, 2.24) is 9.97 Å². The number of rotatable bonds is 7. The maximum Gasteiger partial charge on any atom is 0.168 e. The molecule has 0 unspecified atom stereocenters. The van der Waals surface area contributed by atoms with E-state index in [1.807, 2.05) is 25.1 Å². The largest absolute Gasteiger partial charge is 0.486 e. The Morgan fingerprint density at radius 3 is 2.52 bits per heavy atom. The zero-order valence-corrected chi connectivity index (χ0v) is 13.0. The lowest BCUT2D eigenvalue weighted by Crippen LogP contribution is -2.08.